The molecule has 0 fully saturated rings. The highest BCUT2D eigenvalue weighted by molar-refractivity contribution is 5.91. The summed E-state index contributed by atoms with van der Waals surface area (Å²) in [6.45, 7) is 3.67. The third-order valence-corrected chi connectivity index (χ3v) is 4.40. The van der Waals surface area contributed by atoms with Gasteiger partial charge in [0.15, 0.2) is 12.4 Å². The lowest BCUT2D eigenvalue weighted by molar-refractivity contribution is -0.118. The molecule has 0 saturated heterocycles. The monoisotopic (exact) mass is 433 g/mol. The average Bonchev–Trinajstić information content (AvgIpc) is 3.13. The van der Waals surface area contributed by atoms with Crippen molar-refractivity contribution >= 4 is 11.6 Å². The first-order valence-corrected chi connectivity index (χ1v) is 9.80. The molecule has 2 aromatic heterocycles. The average molecular weight is 433 g/mol. The molecule has 2 heterocycles. The van der Waals surface area contributed by atoms with Crippen LogP contribution in [0.25, 0.3) is 5.82 Å². The van der Waals surface area contributed by atoms with E-state index in [-0.39, 0.29) is 18.3 Å². The predicted octanol–water partition coefficient (Wildman–Crippen LogP) is 4.23. The van der Waals surface area contributed by atoms with Crippen molar-refractivity contribution in [3.63, 3.8) is 0 Å². The molecule has 0 radical (unpaired) electrons. The molecule has 0 aliphatic rings. The smallest absolute Gasteiger partial charge is 0.262 e. The zero-order valence-corrected chi connectivity index (χ0v) is 17.4. The van der Waals surface area contributed by atoms with E-state index in [1.54, 1.807) is 41.1 Å². The molecule has 0 atom stereocenters. The van der Waals surface area contributed by atoms with Crippen molar-refractivity contribution in [2.75, 3.05) is 11.9 Å². The molecule has 0 bridgehead atoms. The fourth-order valence-corrected chi connectivity index (χ4v) is 2.95. The number of carbonyl (C=O) groups excluding carboxylic acids is 1. The molecule has 9 heteroatoms. The second-order valence-corrected chi connectivity index (χ2v) is 6.99. The van der Waals surface area contributed by atoms with E-state index in [4.69, 9.17) is 9.47 Å². The Morgan fingerprint density at radius 3 is 2.31 bits per heavy atom. The first-order valence-electron chi connectivity index (χ1n) is 9.80. The lowest BCUT2D eigenvalue weighted by Gasteiger charge is -2.09. The van der Waals surface area contributed by atoms with Crippen molar-refractivity contribution in [3.05, 3.63) is 83.9 Å². The van der Waals surface area contributed by atoms with Gasteiger partial charge in [0.25, 0.3) is 5.91 Å². The van der Waals surface area contributed by atoms with E-state index in [2.05, 4.69) is 20.6 Å². The second kappa shape index (κ2) is 9.25. The molecule has 0 unspecified atom stereocenters. The fourth-order valence-electron chi connectivity index (χ4n) is 2.95. The molecule has 0 spiro atoms. The Morgan fingerprint density at radius 2 is 1.69 bits per heavy atom. The van der Waals surface area contributed by atoms with Crippen LogP contribution in [0.2, 0.25) is 0 Å². The number of aromatic nitrogens is 4. The Balaban J connectivity index is 1.31. The molecule has 1 N–H and O–H groups in total. The topological polar surface area (TPSA) is 91.2 Å². The minimum absolute atomic E-state index is 0.193. The lowest BCUT2D eigenvalue weighted by Crippen LogP contribution is -2.20. The van der Waals surface area contributed by atoms with Crippen molar-refractivity contribution in [2.24, 2.45) is 0 Å². The molecule has 1 amide bonds. The summed E-state index contributed by atoms with van der Waals surface area (Å²) in [4.78, 5) is 12.0. The summed E-state index contributed by atoms with van der Waals surface area (Å²) in [6, 6.07) is 17.7. The minimum Gasteiger partial charge on any atom is -0.484 e. The van der Waals surface area contributed by atoms with Crippen LogP contribution in [0.1, 0.15) is 11.4 Å². The Labute approximate surface area is 183 Å². The summed E-state index contributed by atoms with van der Waals surface area (Å²) < 4.78 is 25.6. The molecule has 162 valence electrons. The van der Waals surface area contributed by atoms with Gasteiger partial charge in [-0.15, -0.1) is 10.2 Å². The molecule has 0 saturated carbocycles. The highest BCUT2D eigenvalue weighted by Crippen LogP contribution is 2.22. The van der Waals surface area contributed by atoms with Crippen LogP contribution in [0.3, 0.4) is 0 Å². The number of ether oxygens (including phenoxy) is 2. The summed E-state index contributed by atoms with van der Waals surface area (Å²) in [5, 5.41) is 15.3. The number of carbonyl (C=O) groups is 1. The van der Waals surface area contributed by atoms with E-state index in [9.17, 15) is 9.18 Å². The van der Waals surface area contributed by atoms with Gasteiger partial charge in [0.1, 0.15) is 17.3 Å². The van der Waals surface area contributed by atoms with Gasteiger partial charge in [0.05, 0.1) is 5.69 Å². The van der Waals surface area contributed by atoms with E-state index in [1.807, 2.05) is 19.9 Å². The maximum absolute atomic E-state index is 12.9. The number of rotatable bonds is 7. The van der Waals surface area contributed by atoms with E-state index in [0.717, 1.165) is 11.4 Å². The molecule has 0 aliphatic carbocycles. The van der Waals surface area contributed by atoms with Crippen molar-refractivity contribution in [3.8, 4) is 23.2 Å². The number of hydrogen-bond donors (Lipinski definition) is 1. The molecule has 32 heavy (non-hydrogen) atoms. The molecule has 2 aromatic carbocycles. The van der Waals surface area contributed by atoms with Gasteiger partial charge in [-0.25, -0.2) is 9.07 Å². The third kappa shape index (κ3) is 5.25. The van der Waals surface area contributed by atoms with Crippen molar-refractivity contribution < 1.29 is 18.7 Å². The summed E-state index contributed by atoms with van der Waals surface area (Å²) in [7, 11) is 0. The molecular weight excluding hydrogens is 413 g/mol. The van der Waals surface area contributed by atoms with Gasteiger partial charge in [0.2, 0.25) is 5.88 Å². The molecule has 4 rings (SSSR count). The standard InChI is InChI=1S/C23H20FN5O3/c1-15-13-16(2)29(28-15)21-11-12-23(27-26-21)32-20-9-5-18(6-10-20)25-22(30)14-31-19-7-3-17(24)4-8-19/h3-13H,14H2,1-2H3,(H,25,30). The second-order valence-electron chi connectivity index (χ2n) is 6.99. The van der Waals surface area contributed by atoms with Gasteiger partial charge in [-0.05, 0) is 74.5 Å². The highest BCUT2D eigenvalue weighted by Gasteiger charge is 2.08. The number of anilines is 1. The zero-order chi connectivity index (χ0) is 22.5. The first-order chi connectivity index (χ1) is 15.5. The number of nitrogens with one attached hydrogen (secondary N) is 1. The molecular formula is C23H20FN5O3. The van der Waals surface area contributed by atoms with Gasteiger partial charge in [-0.1, -0.05) is 0 Å². The SMILES string of the molecule is Cc1cc(C)n(-c2ccc(Oc3ccc(NC(=O)COc4ccc(F)cc4)cc3)nn2)n1. The number of hydrogen-bond acceptors (Lipinski definition) is 6. The quantitative estimate of drug-likeness (QED) is 0.469. The van der Waals surface area contributed by atoms with Crippen molar-refractivity contribution in [2.45, 2.75) is 13.8 Å². The number of aryl methyl sites for hydroxylation is 2. The van der Waals surface area contributed by atoms with Crippen LogP contribution in [-0.2, 0) is 4.79 Å². The summed E-state index contributed by atoms with van der Waals surface area (Å²) in [6.07, 6.45) is 0. The van der Waals surface area contributed by atoms with E-state index in [0.29, 0.717) is 28.9 Å². The first kappa shape index (κ1) is 21.0. The number of halogens is 1. The Bertz CT molecular complexity index is 1210. The largest absolute Gasteiger partial charge is 0.484 e. The number of benzene rings is 2. The number of amides is 1. The van der Waals surface area contributed by atoms with Crippen LogP contribution in [0.4, 0.5) is 10.1 Å². The summed E-state index contributed by atoms with van der Waals surface area (Å²) in [5.74, 6) is 1.18. The van der Waals surface area contributed by atoms with Gasteiger partial charge in [-0.3, -0.25) is 4.79 Å². The Kier molecular flexibility index (Phi) is 6.07. The minimum atomic E-state index is -0.367. The van der Waals surface area contributed by atoms with E-state index < -0.39 is 0 Å². The molecule has 4 aromatic rings. The van der Waals surface area contributed by atoms with E-state index in [1.165, 1.54) is 24.3 Å². The van der Waals surface area contributed by atoms with Crippen LogP contribution in [0.15, 0.2) is 66.7 Å². The highest BCUT2D eigenvalue weighted by atomic mass is 19.1. The van der Waals surface area contributed by atoms with Crippen LogP contribution >= 0.6 is 0 Å². The van der Waals surface area contributed by atoms with Crippen molar-refractivity contribution in [1.82, 2.24) is 20.0 Å². The van der Waals surface area contributed by atoms with Gasteiger partial charge >= 0.3 is 0 Å². The van der Waals surface area contributed by atoms with Gasteiger partial charge in [-0.2, -0.15) is 5.10 Å². The van der Waals surface area contributed by atoms with Crippen LogP contribution < -0.4 is 14.8 Å². The Morgan fingerprint density at radius 1 is 0.969 bits per heavy atom. The lowest BCUT2D eigenvalue weighted by atomic mass is 10.3. The third-order valence-electron chi connectivity index (χ3n) is 4.40. The van der Waals surface area contributed by atoms with Crippen LogP contribution in [0, 0.1) is 19.7 Å². The van der Waals surface area contributed by atoms with Gasteiger partial charge in [0, 0.05) is 17.4 Å². The summed E-state index contributed by atoms with van der Waals surface area (Å²) in [5.41, 5.74) is 2.45. The van der Waals surface area contributed by atoms with Crippen LogP contribution in [0.5, 0.6) is 17.4 Å². The predicted molar refractivity (Wildman–Crippen MR) is 116 cm³/mol. The van der Waals surface area contributed by atoms with E-state index >= 15 is 0 Å². The maximum atomic E-state index is 12.9. The summed E-state index contributed by atoms with van der Waals surface area (Å²) >= 11 is 0. The maximum Gasteiger partial charge on any atom is 0.262 e. The number of nitrogens with zero attached hydrogens (tertiary/aromatic N) is 4. The van der Waals surface area contributed by atoms with Crippen molar-refractivity contribution in [1.29, 1.82) is 0 Å². The molecule has 8 nitrogen and oxygen atoms in total. The fraction of sp³-hybridized carbons (Fsp3) is 0.130. The molecule has 0 aliphatic heterocycles. The normalized spacial score (nSPS) is 10.6. The Hall–Kier alpha value is -4.27. The van der Waals surface area contributed by atoms with Crippen LogP contribution in [-0.4, -0.2) is 32.5 Å². The zero-order valence-electron chi connectivity index (χ0n) is 17.4. The van der Waals surface area contributed by atoms with Gasteiger partial charge < -0.3 is 14.8 Å².